The lowest BCUT2D eigenvalue weighted by atomic mass is 10.1. The van der Waals surface area contributed by atoms with Crippen LogP contribution in [0.25, 0.3) is 0 Å². The van der Waals surface area contributed by atoms with Crippen LogP contribution in [0.3, 0.4) is 0 Å². The van der Waals surface area contributed by atoms with Crippen molar-refractivity contribution >= 4 is 5.91 Å². The first-order chi connectivity index (χ1) is 10.7. The van der Waals surface area contributed by atoms with Gasteiger partial charge in [0.05, 0.1) is 6.04 Å². The van der Waals surface area contributed by atoms with Gasteiger partial charge in [-0.1, -0.05) is 12.1 Å². The van der Waals surface area contributed by atoms with E-state index in [9.17, 15) is 9.18 Å². The van der Waals surface area contributed by atoms with Crippen molar-refractivity contribution in [3.05, 3.63) is 35.6 Å². The summed E-state index contributed by atoms with van der Waals surface area (Å²) in [7, 11) is 0. The Kier molecular flexibility index (Phi) is 4.74. The molecule has 1 aromatic carbocycles. The Morgan fingerprint density at radius 3 is 2.68 bits per heavy atom. The number of carbonyl (C=O) groups excluding carboxylic acids is 1. The van der Waals surface area contributed by atoms with Gasteiger partial charge in [0.2, 0.25) is 5.91 Å². The Morgan fingerprint density at radius 1 is 1.23 bits per heavy atom. The molecule has 2 saturated heterocycles. The van der Waals surface area contributed by atoms with Crippen LogP contribution in [0, 0.1) is 11.7 Å². The van der Waals surface area contributed by atoms with E-state index in [1.54, 1.807) is 12.1 Å². The first-order valence-electron chi connectivity index (χ1n) is 8.14. The molecule has 2 aliphatic rings. The molecule has 0 aliphatic carbocycles. The summed E-state index contributed by atoms with van der Waals surface area (Å²) in [5.41, 5.74) is 6.77. The molecule has 2 heterocycles. The van der Waals surface area contributed by atoms with Crippen LogP contribution in [-0.4, -0.2) is 47.9 Å². The Balaban J connectivity index is 1.63. The number of nitrogens with zero attached hydrogens (tertiary/aromatic N) is 2. The first-order valence-corrected chi connectivity index (χ1v) is 8.14. The van der Waals surface area contributed by atoms with Gasteiger partial charge in [-0.25, -0.2) is 4.39 Å². The molecule has 2 fully saturated rings. The summed E-state index contributed by atoms with van der Waals surface area (Å²) in [5, 5.41) is 0. The number of hydrogen-bond acceptors (Lipinski definition) is 3. The summed E-state index contributed by atoms with van der Waals surface area (Å²) >= 11 is 0. The molecule has 4 nitrogen and oxygen atoms in total. The molecule has 2 atom stereocenters. The van der Waals surface area contributed by atoms with Gasteiger partial charge < -0.3 is 10.6 Å². The monoisotopic (exact) mass is 305 g/mol. The van der Waals surface area contributed by atoms with Gasteiger partial charge in [-0.15, -0.1) is 0 Å². The average Bonchev–Trinajstić information content (AvgIpc) is 3.18. The molecule has 0 unspecified atom stereocenters. The number of amides is 1. The number of halogens is 1. The van der Waals surface area contributed by atoms with Crippen LogP contribution in [-0.2, 0) is 11.3 Å². The number of benzene rings is 1. The Morgan fingerprint density at radius 2 is 2.00 bits per heavy atom. The summed E-state index contributed by atoms with van der Waals surface area (Å²) in [4.78, 5) is 17.0. The zero-order chi connectivity index (χ0) is 15.5. The van der Waals surface area contributed by atoms with Gasteiger partial charge in [0.15, 0.2) is 0 Å². The highest BCUT2D eigenvalue weighted by atomic mass is 19.1. The zero-order valence-corrected chi connectivity index (χ0v) is 12.9. The summed E-state index contributed by atoms with van der Waals surface area (Å²) in [6.45, 7) is 3.94. The largest absolute Gasteiger partial charge is 0.341 e. The third-order valence-electron chi connectivity index (χ3n) is 4.88. The molecular formula is C17H24FN3O. The fourth-order valence-electron chi connectivity index (χ4n) is 3.56. The highest BCUT2D eigenvalue weighted by Gasteiger charge is 2.36. The molecule has 1 amide bonds. The van der Waals surface area contributed by atoms with Crippen molar-refractivity contribution in [2.24, 2.45) is 11.7 Å². The van der Waals surface area contributed by atoms with Gasteiger partial charge >= 0.3 is 0 Å². The molecule has 0 radical (unpaired) electrons. The minimum atomic E-state index is -0.220. The van der Waals surface area contributed by atoms with Gasteiger partial charge in [0.1, 0.15) is 5.82 Å². The van der Waals surface area contributed by atoms with E-state index in [-0.39, 0.29) is 17.8 Å². The molecule has 22 heavy (non-hydrogen) atoms. The third kappa shape index (κ3) is 3.31. The van der Waals surface area contributed by atoms with Gasteiger partial charge in [0, 0.05) is 19.6 Å². The molecule has 0 aromatic heterocycles. The molecule has 2 N–H and O–H groups in total. The van der Waals surface area contributed by atoms with Crippen molar-refractivity contribution in [1.82, 2.24) is 9.80 Å². The SMILES string of the molecule is NC[C@H]1CCN(C(=O)[C@@H]2CCCN2Cc2ccc(F)cc2)C1. The maximum Gasteiger partial charge on any atom is 0.239 e. The second kappa shape index (κ2) is 6.75. The summed E-state index contributed by atoms with van der Waals surface area (Å²) in [6, 6.07) is 6.54. The normalized spacial score (nSPS) is 25.8. The van der Waals surface area contributed by atoms with Gasteiger partial charge in [-0.2, -0.15) is 0 Å². The maximum atomic E-state index is 13.0. The molecule has 0 bridgehead atoms. The number of likely N-dealkylation sites (tertiary alicyclic amines) is 2. The highest BCUT2D eigenvalue weighted by Crippen LogP contribution is 2.24. The fraction of sp³-hybridized carbons (Fsp3) is 0.588. The second-order valence-electron chi connectivity index (χ2n) is 6.43. The summed E-state index contributed by atoms with van der Waals surface area (Å²) < 4.78 is 13.0. The predicted octanol–water partition coefficient (Wildman–Crippen LogP) is 1.60. The van der Waals surface area contributed by atoms with Gasteiger partial charge in [-0.05, 0) is 56.0 Å². The van der Waals surface area contributed by atoms with E-state index < -0.39 is 0 Å². The smallest absolute Gasteiger partial charge is 0.239 e. The zero-order valence-electron chi connectivity index (χ0n) is 12.9. The van der Waals surface area contributed by atoms with Crippen molar-refractivity contribution in [2.75, 3.05) is 26.2 Å². The van der Waals surface area contributed by atoms with Crippen molar-refractivity contribution in [3.8, 4) is 0 Å². The van der Waals surface area contributed by atoms with E-state index in [0.717, 1.165) is 44.5 Å². The molecule has 3 rings (SSSR count). The predicted molar refractivity (Wildman–Crippen MR) is 83.6 cm³/mol. The van der Waals surface area contributed by atoms with Crippen LogP contribution in [0.5, 0.6) is 0 Å². The molecule has 0 spiro atoms. The lowest BCUT2D eigenvalue weighted by Crippen LogP contribution is -2.44. The number of rotatable bonds is 4. The Bertz CT molecular complexity index is 519. The van der Waals surface area contributed by atoms with Crippen molar-refractivity contribution < 1.29 is 9.18 Å². The lowest BCUT2D eigenvalue weighted by molar-refractivity contribution is -0.135. The highest BCUT2D eigenvalue weighted by molar-refractivity contribution is 5.82. The van der Waals surface area contributed by atoms with Gasteiger partial charge in [0.25, 0.3) is 0 Å². The summed E-state index contributed by atoms with van der Waals surface area (Å²) in [5.74, 6) is 0.481. The van der Waals surface area contributed by atoms with E-state index in [4.69, 9.17) is 5.73 Å². The topological polar surface area (TPSA) is 49.6 Å². The summed E-state index contributed by atoms with van der Waals surface area (Å²) in [6.07, 6.45) is 2.99. The minimum Gasteiger partial charge on any atom is -0.341 e. The number of hydrogen-bond donors (Lipinski definition) is 1. The van der Waals surface area contributed by atoms with Crippen LogP contribution < -0.4 is 5.73 Å². The first kappa shape index (κ1) is 15.4. The second-order valence-corrected chi connectivity index (χ2v) is 6.43. The van der Waals surface area contributed by atoms with Gasteiger partial charge in [-0.3, -0.25) is 9.69 Å². The van der Waals surface area contributed by atoms with E-state index in [1.165, 1.54) is 12.1 Å². The van der Waals surface area contributed by atoms with Crippen molar-refractivity contribution in [3.63, 3.8) is 0 Å². The van der Waals surface area contributed by atoms with Crippen LogP contribution in [0.15, 0.2) is 24.3 Å². The number of carbonyl (C=O) groups is 1. The lowest BCUT2D eigenvalue weighted by Gasteiger charge is -2.28. The minimum absolute atomic E-state index is 0.0263. The fourth-order valence-corrected chi connectivity index (χ4v) is 3.56. The van der Waals surface area contributed by atoms with Crippen molar-refractivity contribution in [2.45, 2.75) is 31.8 Å². The van der Waals surface area contributed by atoms with Crippen LogP contribution in [0.2, 0.25) is 0 Å². The molecule has 2 aliphatic heterocycles. The van der Waals surface area contributed by atoms with E-state index >= 15 is 0 Å². The van der Waals surface area contributed by atoms with E-state index in [2.05, 4.69) is 4.90 Å². The van der Waals surface area contributed by atoms with Crippen LogP contribution in [0.1, 0.15) is 24.8 Å². The van der Waals surface area contributed by atoms with Crippen molar-refractivity contribution in [1.29, 1.82) is 0 Å². The molecule has 120 valence electrons. The molecule has 5 heteroatoms. The standard InChI is InChI=1S/C17H24FN3O/c18-15-5-3-13(4-6-15)11-20-8-1-2-16(20)17(22)21-9-7-14(10-19)12-21/h3-6,14,16H,1-2,7-12,19H2/t14-,16+/m1/s1. The Hall–Kier alpha value is -1.46. The Labute approximate surface area is 131 Å². The van der Waals surface area contributed by atoms with E-state index in [1.807, 2.05) is 4.90 Å². The van der Waals surface area contributed by atoms with E-state index in [0.29, 0.717) is 19.0 Å². The maximum absolute atomic E-state index is 13.0. The number of nitrogens with two attached hydrogens (primary N) is 1. The average molecular weight is 305 g/mol. The van der Waals surface area contributed by atoms with Crippen LogP contribution >= 0.6 is 0 Å². The molecular weight excluding hydrogens is 281 g/mol. The quantitative estimate of drug-likeness (QED) is 0.919. The molecule has 1 aromatic rings. The van der Waals surface area contributed by atoms with Crippen LogP contribution in [0.4, 0.5) is 4.39 Å². The molecule has 0 saturated carbocycles. The third-order valence-corrected chi connectivity index (χ3v) is 4.88.